The van der Waals surface area contributed by atoms with Crippen molar-refractivity contribution in [1.82, 2.24) is 15.3 Å². The lowest BCUT2D eigenvalue weighted by atomic mass is 10.2. The maximum Gasteiger partial charge on any atom is 0.245 e. The minimum Gasteiger partial charge on any atom is -0.377 e. The van der Waals surface area contributed by atoms with E-state index in [1.165, 1.54) is 6.33 Å². The van der Waals surface area contributed by atoms with Gasteiger partial charge in [-0.25, -0.2) is 9.97 Å². The van der Waals surface area contributed by atoms with Crippen LogP contribution < -0.4 is 15.5 Å². The molecular weight excluding hydrogens is 326 g/mol. The van der Waals surface area contributed by atoms with Crippen LogP contribution in [-0.2, 0) is 9.53 Å². The van der Waals surface area contributed by atoms with E-state index in [2.05, 4.69) is 36.5 Å². The number of morpholine rings is 1. The minimum atomic E-state index is -0.375. The maximum atomic E-state index is 12.1. The number of ether oxygens (including phenoxy) is 1. The summed E-state index contributed by atoms with van der Waals surface area (Å²) < 4.78 is 6.17. The summed E-state index contributed by atoms with van der Waals surface area (Å²) in [6.07, 6.45) is 1.48. The molecule has 1 aromatic rings. The Morgan fingerprint density at radius 3 is 3.10 bits per heavy atom. The van der Waals surface area contributed by atoms with Gasteiger partial charge >= 0.3 is 0 Å². The van der Waals surface area contributed by atoms with Crippen LogP contribution in [0.25, 0.3) is 0 Å². The quantitative estimate of drug-likeness (QED) is 0.834. The predicted octanol–water partition coefficient (Wildman–Crippen LogP) is 0.622. The molecule has 1 saturated heterocycles. The normalized spacial score (nSPS) is 18.8. The third-order valence-electron chi connectivity index (χ3n) is 3.06. The summed E-state index contributed by atoms with van der Waals surface area (Å²) in [7, 11) is 1.79. The summed E-state index contributed by atoms with van der Waals surface area (Å²) in [5.41, 5.74) is 0. The Morgan fingerprint density at radius 1 is 1.60 bits per heavy atom. The largest absolute Gasteiger partial charge is 0.377 e. The van der Waals surface area contributed by atoms with Crippen molar-refractivity contribution in [1.29, 1.82) is 0 Å². The van der Waals surface area contributed by atoms with Crippen LogP contribution in [0.1, 0.15) is 6.92 Å². The van der Waals surface area contributed by atoms with Crippen LogP contribution in [0.3, 0.4) is 0 Å². The van der Waals surface area contributed by atoms with E-state index in [9.17, 15) is 4.79 Å². The van der Waals surface area contributed by atoms with Crippen molar-refractivity contribution < 1.29 is 9.53 Å². The molecule has 1 aliphatic heterocycles. The smallest absolute Gasteiger partial charge is 0.245 e. The SMILES string of the molecule is CCNC(=O)C1COCCN1c1ncnc(NC)c1Br. The lowest BCUT2D eigenvalue weighted by Crippen LogP contribution is -2.54. The number of nitrogens with zero attached hydrogens (tertiary/aromatic N) is 3. The highest BCUT2D eigenvalue weighted by atomic mass is 79.9. The number of amides is 1. The lowest BCUT2D eigenvalue weighted by Gasteiger charge is -2.35. The lowest BCUT2D eigenvalue weighted by molar-refractivity contribution is -0.124. The molecular formula is C12H18BrN5O2. The first-order chi connectivity index (χ1) is 9.69. The van der Waals surface area contributed by atoms with Crippen LogP contribution in [0.15, 0.2) is 10.8 Å². The van der Waals surface area contributed by atoms with Crippen LogP contribution >= 0.6 is 15.9 Å². The molecule has 0 radical (unpaired) electrons. The Hall–Kier alpha value is -1.41. The summed E-state index contributed by atoms with van der Waals surface area (Å²) in [6.45, 7) is 4.03. The van der Waals surface area contributed by atoms with Crippen LogP contribution in [0, 0.1) is 0 Å². The second kappa shape index (κ2) is 6.85. The Balaban J connectivity index is 2.30. The van der Waals surface area contributed by atoms with Gasteiger partial charge in [0, 0.05) is 20.1 Å². The third kappa shape index (κ3) is 3.01. The fourth-order valence-corrected chi connectivity index (χ4v) is 2.73. The van der Waals surface area contributed by atoms with E-state index in [0.29, 0.717) is 37.9 Å². The van der Waals surface area contributed by atoms with E-state index in [1.54, 1.807) is 7.05 Å². The summed E-state index contributed by atoms with van der Waals surface area (Å²) in [5.74, 6) is 1.34. The highest BCUT2D eigenvalue weighted by molar-refractivity contribution is 9.10. The van der Waals surface area contributed by atoms with Crippen molar-refractivity contribution in [2.45, 2.75) is 13.0 Å². The van der Waals surface area contributed by atoms with E-state index < -0.39 is 0 Å². The second-order valence-electron chi connectivity index (χ2n) is 4.29. The van der Waals surface area contributed by atoms with Gasteiger partial charge in [-0.1, -0.05) is 0 Å². The third-order valence-corrected chi connectivity index (χ3v) is 3.79. The molecule has 0 aromatic carbocycles. The van der Waals surface area contributed by atoms with Gasteiger partial charge < -0.3 is 20.3 Å². The first kappa shape index (κ1) is 15.0. The molecule has 1 amide bonds. The van der Waals surface area contributed by atoms with Crippen LogP contribution in [0.2, 0.25) is 0 Å². The van der Waals surface area contributed by atoms with Crippen molar-refractivity contribution in [3.63, 3.8) is 0 Å². The molecule has 1 fully saturated rings. The van der Waals surface area contributed by atoms with E-state index in [4.69, 9.17) is 4.74 Å². The predicted molar refractivity (Wildman–Crippen MR) is 79.9 cm³/mol. The molecule has 1 atom stereocenters. The molecule has 110 valence electrons. The summed E-state index contributed by atoms with van der Waals surface area (Å²) in [5, 5.41) is 5.82. The molecule has 0 bridgehead atoms. The molecule has 2 N–H and O–H groups in total. The number of hydrogen-bond acceptors (Lipinski definition) is 6. The zero-order chi connectivity index (χ0) is 14.5. The second-order valence-corrected chi connectivity index (χ2v) is 5.08. The van der Waals surface area contributed by atoms with Gasteiger partial charge in [0.15, 0.2) is 0 Å². The topological polar surface area (TPSA) is 79.4 Å². The maximum absolute atomic E-state index is 12.1. The van der Waals surface area contributed by atoms with Gasteiger partial charge in [0.1, 0.15) is 28.5 Å². The van der Waals surface area contributed by atoms with Crippen molar-refractivity contribution in [2.24, 2.45) is 0 Å². The van der Waals surface area contributed by atoms with Gasteiger partial charge in [0.25, 0.3) is 0 Å². The van der Waals surface area contributed by atoms with Gasteiger partial charge in [0.2, 0.25) is 5.91 Å². The molecule has 2 rings (SSSR count). The van der Waals surface area contributed by atoms with E-state index in [0.717, 1.165) is 4.47 Å². The summed E-state index contributed by atoms with van der Waals surface area (Å²) in [6, 6.07) is -0.375. The van der Waals surface area contributed by atoms with Crippen LogP contribution in [0.4, 0.5) is 11.6 Å². The van der Waals surface area contributed by atoms with Gasteiger partial charge in [-0.05, 0) is 22.9 Å². The molecule has 8 heteroatoms. The first-order valence-corrected chi connectivity index (χ1v) is 7.28. The molecule has 0 spiro atoms. The van der Waals surface area contributed by atoms with Gasteiger partial charge in [-0.2, -0.15) is 0 Å². The van der Waals surface area contributed by atoms with Crippen molar-refractivity contribution >= 4 is 33.5 Å². The molecule has 0 aliphatic carbocycles. The van der Waals surface area contributed by atoms with Gasteiger partial charge in [-0.3, -0.25) is 4.79 Å². The fraction of sp³-hybridized carbons (Fsp3) is 0.583. The number of aromatic nitrogens is 2. The minimum absolute atomic E-state index is 0.0521. The average molecular weight is 344 g/mol. The highest BCUT2D eigenvalue weighted by Crippen LogP contribution is 2.31. The molecule has 20 heavy (non-hydrogen) atoms. The van der Waals surface area contributed by atoms with Gasteiger partial charge in [-0.15, -0.1) is 0 Å². The number of hydrogen-bond donors (Lipinski definition) is 2. The average Bonchev–Trinajstić information content (AvgIpc) is 2.48. The Bertz CT molecular complexity index is 485. The summed E-state index contributed by atoms with van der Waals surface area (Å²) in [4.78, 5) is 22.5. The standard InChI is InChI=1S/C12H18BrN5O2/c1-3-15-12(19)8-6-20-5-4-18(8)11-9(13)10(14-2)16-7-17-11/h7-8H,3-6H2,1-2H3,(H,15,19)(H,14,16,17). The molecule has 1 unspecified atom stereocenters. The molecule has 7 nitrogen and oxygen atoms in total. The van der Waals surface area contributed by atoms with Crippen molar-refractivity contribution in [2.75, 3.05) is 43.6 Å². The zero-order valence-corrected chi connectivity index (χ0v) is 13.1. The monoisotopic (exact) mass is 343 g/mol. The molecule has 1 aromatic heterocycles. The number of carbonyl (C=O) groups is 1. The summed E-state index contributed by atoms with van der Waals surface area (Å²) >= 11 is 3.49. The van der Waals surface area contributed by atoms with E-state index >= 15 is 0 Å². The number of rotatable bonds is 4. The first-order valence-electron chi connectivity index (χ1n) is 6.49. The Labute approximate surface area is 126 Å². The van der Waals surface area contributed by atoms with E-state index in [-0.39, 0.29) is 11.9 Å². The van der Waals surface area contributed by atoms with Crippen molar-refractivity contribution in [3.8, 4) is 0 Å². The Morgan fingerprint density at radius 2 is 2.40 bits per heavy atom. The molecule has 0 saturated carbocycles. The number of anilines is 2. The number of carbonyl (C=O) groups excluding carboxylic acids is 1. The number of likely N-dealkylation sites (N-methyl/N-ethyl adjacent to an activating group) is 1. The Kier molecular flexibility index (Phi) is 5.13. The van der Waals surface area contributed by atoms with Crippen LogP contribution in [0.5, 0.6) is 0 Å². The van der Waals surface area contributed by atoms with Gasteiger partial charge in [0.05, 0.1) is 13.2 Å². The number of halogens is 1. The molecule has 1 aliphatic rings. The van der Waals surface area contributed by atoms with E-state index in [1.807, 2.05) is 11.8 Å². The fourth-order valence-electron chi connectivity index (χ4n) is 2.10. The zero-order valence-electron chi connectivity index (χ0n) is 11.5. The highest BCUT2D eigenvalue weighted by Gasteiger charge is 2.31. The van der Waals surface area contributed by atoms with Crippen LogP contribution in [-0.4, -0.2) is 55.3 Å². The molecule has 2 heterocycles. The number of nitrogens with one attached hydrogen (secondary N) is 2. The van der Waals surface area contributed by atoms with Crippen molar-refractivity contribution in [3.05, 3.63) is 10.8 Å².